The van der Waals surface area contributed by atoms with E-state index in [0.29, 0.717) is 6.04 Å². The Hall–Kier alpha value is -0.820. The van der Waals surface area contributed by atoms with Gasteiger partial charge in [-0.25, -0.2) is 0 Å². The van der Waals surface area contributed by atoms with Gasteiger partial charge >= 0.3 is 0 Å². The van der Waals surface area contributed by atoms with Crippen LogP contribution < -0.4 is 5.32 Å². The summed E-state index contributed by atoms with van der Waals surface area (Å²) >= 11 is 0. The third kappa shape index (κ3) is 2.79. The molecule has 1 aromatic carbocycles. The second-order valence-electron chi connectivity index (χ2n) is 6.76. The van der Waals surface area contributed by atoms with Crippen molar-refractivity contribution in [2.45, 2.75) is 58.4 Å². The molecule has 110 valence electrons. The van der Waals surface area contributed by atoms with Crippen LogP contribution in [0.15, 0.2) is 24.3 Å². The Morgan fingerprint density at radius 1 is 1.05 bits per heavy atom. The Bertz CT molecular complexity index is 412. The fourth-order valence-corrected chi connectivity index (χ4v) is 4.33. The fourth-order valence-electron chi connectivity index (χ4n) is 4.33. The predicted molar refractivity (Wildman–Crippen MR) is 85.8 cm³/mol. The van der Waals surface area contributed by atoms with Crippen LogP contribution in [0, 0.1) is 17.8 Å². The molecule has 0 amide bonds. The Morgan fingerprint density at radius 3 is 2.35 bits per heavy atom. The number of fused-ring (bicyclic) bond motifs is 1. The summed E-state index contributed by atoms with van der Waals surface area (Å²) in [4.78, 5) is 0. The lowest BCUT2D eigenvalue weighted by Crippen LogP contribution is -2.25. The van der Waals surface area contributed by atoms with Gasteiger partial charge in [-0.3, -0.25) is 0 Å². The van der Waals surface area contributed by atoms with E-state index in [-0.39, 0.29) is 0 Å². The number of hydrogen-bond acceptors (Lipinski definition) is 1. The summed E-state index contributed by atoms with van der Waals surface area (Å²) in [5.41, 5.74) is 3.01. The summed E-state index contributed by atoms with van der Waals surface area (Å²) in [7, 11) is 0. The van der Waals surface area contributed by atoms with Gasteiger partial charge in [-0.2, -0.15) is 0 Å². The number of hydrogen-bond donors (Lipinski definition) is 1. The van der Waals surface area contributed by atoms with Crippen molar-refractivity contribution in [3.8, 4) is 0 Å². The van der Waals surface area contributed by atoms with Crippen molar-refractivity contribution < 1.29 is 0 Å². The van der Waals surface area contributed by atoms with Crippen LogP contribution in [-0.4, -0.2) is 6.54 Å². The van der Waals surface area contributed by atoms with E-state index < -0.39 is 0 Å². The van der Waals surface area contributed by atoms with Crippen LogP contribution in [0.3, 0.4) is 0 Å². The van der Waals surface area contributed by atoms with Gasteiger partial charge in [0.05, 0.1) is 0 Å². The zero-order chi connectivity index (χ0) is 13.9. The summed E-state index contributed by atoms with van der Waals surface area (Å²) in [6.07, 6.45) is 8.11. The summed E-state index contributed by atoms with van der Waals surface area (Å²) in [5.74, 6) is 2.98. The number of benzene rings is 1. The van der Waals surface area contributed by atoms with Crippen molar-refractivity contribution in [3.63, 3.8) is 0 Å². The molecule has 0 saturated heterocycles. The molecule has 0 heterocycles. The first kappa shape index (κ1) is 14.1. The fraction of sp³-hybridized carbons (Fsp3) is 0.684. The molecule has 1 aromatic rings. The molecule has 0 aromatic heterocycles. The molecule has 0 radical (unpaired) electrons. The molecule has 3 rings (SSSR count). The van der Waals surface area contributed by atoms with Crippen molar-refractivity contribution in [1.82, 2.24) is 5.32 Å². The molecule has 0 bridgehead atoms. The van der Waals surface area contributed by atoms with Gasteiger partial charge in [0.15, 0.2) is 0 Å². The van der Waals surface area contributed by atoms with Gasteiger partial charge in [0.1, 0.15) is 0 Å². The number of nitrogens with one attached hydrogen (secondary N) is 1. The molecule has 2 fully saturated rings. The molecule has 0 aliphatic heterocycles. The van der Waals surface area contributed by atoms with Crippen molar-refractivity contribution in [3.05, 3.63) is 35.4 Å². The van der Waals surface area contributed by atoms with E-state index in [1.54, 1.807) is 0 Å². The highest BCUT2D eigenvalue weighted by atomic mass is 14.9. The topological polar surface area (TPSA) is 12.0 Å². The highest BCUT2D eigenvalue weighted by Gasteiger charge is 2.55. The highest BCUT2D eigenvalue weighted by Crippen LogP contribution is 2.62. The van der Waals surface area contributed by atoms with Crippen LogP contribution in [0.25, 0.3) is 0 Å². The molecular formula is C19H29N. The quantitative estimate of drug-likeness (QED) is 0.756. The van der Waals surface area contributed by atoms with Gasteiger partial charge in [0, 0.05) is 6.04 Å². The van der Waals surface area contributed by atoms with Crippen molar-refractivity contribution in [2.24, 2.45) is 17.8 Å². The first-order valence-corrected chi connectivity index (χ1v) is 8.67. The van der Waals surface area contributed by atoms with Gasteiger partial charge in [0.25, 0.3) is 0 Å². The minimum absolute atomic E-state index is 0.612. The molecule has 1 N–H and O–H groups in total. The number of aryl methyl sites for hydroxylation is 1. The molecule has 3 unspecified atom stereocenters. The maximum Gasteiger partial charge on any atom is 0.0354 e. The Morgan fingerprint density at radius 2 is 1.75 bits per heavy atom. The monoisotopic (exact) mass is 271 g/mol. The van der Waals surface area contributed by atoms with Gasteiger partial charge < -0.3 is 5.32 Å². The van der Waals surface area contributed by atoms with Crippen LogP contribution in [0.1, 0.15) is 63.1 Å². The van der Waals surface area contributed by atoms with E-state index in [4.69, 9.17) is 0 Å². The molecule has 1 heteroatoms. The summed E-state index contributed by atoms with van der Waals surface area (Å²) in [6.45, 7) is 5.67. The molecule has 3 atom stereocenters. The van der Waals surface area contributed by atoms with Crippen molar-refractivity contribution in [2.75, 3.05) is 6.54 Å². The molecule has 0 spiro atoms. The van der Waals surface area contributed by atoms with Gasteiger partial charge in [-0.05, 0) is 61.1 Å². The molecule has 2 aliphatic carbocycles. The van der Waals surface area contributed by atoms with Crippen LogP contribution in [0.4, 0.5) is 0 Å². The second-order valence-corrected chi connectivity index (χ2v) is 6.76. The van der Waals surface area contributed by atoms with Gasteiger partial charge in [-0.1, -0.05) is 51.0 Å². The molecule has 2 saturated carbocycles. The minimum Gasteiger partial charge on any atom is -0.310 e. The summed E-state index contributed by atoms with van der Waals surface area (Å²) in [6, 6.07) is 10.1. The summed E-state index contributed by atoms with van der Waals surface area (Å²) < 4.78 is 0. The van der Waals surface area contributed by atoms with Crippen LogP contribution >= 0.6 is 0 Å². The average Bonchev–Trinajstić information content (AvgIpc) is 2.94. The normalized spacial score (nSPS) is 29.2. The van der Waals surface area contributed by atoms with Crippen LogP contribution in [-0.2, 0) is 6.42 Å². The van der Waals surface area contributed by atoms with Crippen LogP contribution in [0.5, 0.6) is 0 Å². The molecular weight excluding hydrogens is 242 g/mol. The SMILES string of the molecule is CCCNC(c1ccc(CCC)cc1)C1C2CCCC21. The smallest absolute Gasteiger partial charge is 0.0354 e. The van der Waals surface area contributed by atoms with Crippen molar-refractivity contribution >= 4 is 0 Å². The Kier molecular flexibility index (Phi) is 4.45. The zero-order valence-corrected chi connectivity index (χ0v) is 13.1. The average molecular weight is 271 g/mol. The van der Waals surface area contributed by atoms with E-state index in [1.807, 2.05) is 0 Å². The maximum absolute atomic E-state index is 3.83. The van der Waals surface area contributed by atoms with Gasteiger partial charge in [-0.15, -0.1) is 0 Å². The van der Waals surface area contributed by atoms with E-state index in [0.717, 1.165) is 24.3 Å². The lowest BCUT2D eigenvalue weighted by molar-refractivity contribution is 0.417. The lowest BCUT2D eigenvalue weighted by Gasteiger charge is -2.21. The second kappa shape index (κ2) is 6.30. The highest BCUT2D eigenvalue weighted by molar-refractivity contribution is 5.28. The molecule has 1 nitrogen and oxygen atoms in total. The molecule has 2 aliphatic rings. The Labute approximate surface area is 124 Å². The lowest BCUT2D eigenvalue weighted by atomic mass is 9.95. The van der Waals surface area contributed by atoms with Crippen LogP contribution in [0.2, 0.25) is 0 Å². The third-order valence-corrected chi connectivity index (χ3v) is 5.35. The standard InChI is InChI=1S/C19H29N/c1-3-6-14-9-11-15(12-10-14)19(20-13-4-2)18-16-7-5-8-17(16)18/h9-12,16-20H,3-8,13H2,1-2H3. The Balaban J connectivity index is 1.71. The third-order valence-electron chi connectivity index (χ3n) is 5.35. The van der Waals surface area contributed by atoms with Crippen molar-refractivity contribution in [1.29, 1.82) is 0 Å². The minimum atomic E-state index is 0.612. The van der Waals surface area contributed by atoms with Gasteiger partial charge in [0.2, 0.25) is 0 Å². The van der Waals surface area contributed by atoms with E-state index in [9.17, 15) is 0 Å². The number of rotatable bonds is 7. The van der Waals surface area contributed by atoms with E-state index in [1.165, 1.54) is 49.7 Å². The first-order valence-electron chi connectivity index (χ1n) is 8.67. The zero-order valence-electron chi connectivity index (χ0n) is 13.1. The first-order chi connectivity index (χ1) is 9.85. The summed E-state index contributed by atoms with van der Waals surface area (Å²) in [5, 5.41) is 3.83. The van der Waals surface area contributed by atoms with E-state index in [2.05, 4.69) is 43.4 Å². The largest absolute Gasteiger partial charge is 0.310 e. The molecule has 20 heavy (non-hydrogen) atoms. The van der Waals surface area contributed by atoms with E-state index >= 15 is 0 Å². The predicted octanol–water partition coefficient (Wildman–Crippen LogP) is 4.73. The maximum atomic E-state index is 3.83.